The summed E-state index contributed by atoms with van der Waals surface area (Å²) >= 11 is 0. The van der Waals surface area contributed by atoms with Crippen LogP contribution in [0.3, 0.4) is 0 Å². The Kier molecular flexibility index (Phi) is 5.31. The molecule has 1 aromatic heterocycles. The lowest BCUT2D eigenvalue weighted by atomic mass is 9.96. The van der Waals surface area contributed by atoms with E-state index >= 15 is 0 Å². The minimum Gasteiger partial charge on any atom is -0.496 e. The molecule has 1 unspecified atom stereocenters. The van der Waals surface area contributed by atoms with Crippen molar-refractivity contribution in [2.24, 2.45) is 5.84 Å². The van der Waals surface area contributed by atoms with Crippen LogP contribution in [0.1, 0.15) is 34.8 Å². The zero-order valence-corrected chi connectivity index (χ0v) is 12.9. The number of nitrogens with two attached hydrogens (primary N) is 1. The lowest BCUT2D eigenvalue weighted by molar-refractivity contribution is 0.392. The van der Waals surface area contributed by atoms with E-state index in [1.165, 1.54) is 5.56 Å². The molecule has 1 aromatic carbocycles. The van der Waals surface area contributed by atoms with Gasteiger partial charge in [-0.25, -0.2) is 0 Å². The van der Waals surface area contributed by atoms with Gasteiger partial charge in [0.25, 0.3) is 0 Å². The summed E-state index contributed by atoms with van der Waals surface area (Å²) in [6.45, 7) is 4.16. The van der Waals surface area contributed by atoms with Gasteiger partial charge in [0, 0.05) is 23.5 Å². The van der Waals surface area contributed by atoms with Gasteiger partial charge in [-0.15, -0.1) is 0 Å². The van der Waals surface area contributed by atoms with E-state index in [9.17, 15) is 0 Å². The van der Waals surface area contributed by atoms with Crippen molar-refractivity contribution in [1.82, 2.24) is 10.4 Å². The van der Waals surface area contributed by atoms with E-state index in [0.29, 0.717) is 0 Å². The Labute approximate surface area is 126 Å². The average Bonchev–Trinajstić information content (AvgIpc) is 2.52. The molecular weight excluding hydrogens is 262 g/mol. The summed E-state index contributed by atoms with van der Waals surface area (Å²) in [4.78, 5) is 4.35. The molecule has 2 rings (SSSR count). The van der Waals surface area contributed by atoms with Crippen molar-refractivity contribution in [2.45, 2.75) is 32.7 Å². The Morgan fingerprint density at radius 2 is 2.05 bits per heavy atom. The van der Waals surface area contributed by atoms with Gasteiger partial charge in [0.2, 0.25) is 0 Å². The van der Waals surface area contributed by atoms with Crippen molar-refractivity contribution in [3.8, 4) is 5.75 Å². The molecule has 0 radical (unpaired) electrons. The number of pyridine rings is 1. The van der Waals surface area contributed by atoms with E-state index in [0.717, 1.165) is 35.4 Å². The number of methoxy groups -OCH3 is 1. The molecule has 0 saturated heterocycles. The third-order valence-corrected chi connectivity index (χ3v) is 3.90. The molecule has 21 heavy (non-hydrogen) atoms. The maximum absolute atomic E-state index is 5.75. The SMILES string of the molecule is COc1c(C(CCc2ccccn2)NN)ccc(C)c1C. The van der Waals surface area contributed by atoms with E-state index in [1.807, 2.05) is 24.4 Å². The van der Waals surface area contributed by atoms with E-state index in [-0.39, 0.29) is 6.04 Å². The first-order chi connectivity index (χ1) is 10.2. The van der Waals surface area contributed by atoms with E-state index in [2.05, 4.69) is 36.4 Å². The molecule has 0 aliphatic carbocycles. The molecule has 0 spiro atoms. The molecule has 0 aliphatic heterocycles. The maximum Gasteiger partial charge on any atom is 0.126 e. The van der Waals surface area contributed by atoms with Crippen molar-refractivity contribution in [3.05, 3.63) is 58.9 Å². The first-order valence-electron chi connectivity index (χ1n) is 7.17. The second-order valence-electron chi connectivity index (χ2n) is 5.21. The van der Waals surface area contributed by atoms with Gasteiger partial charge in [0.1, 0.15) is 5.75 Å². The fourth-order valence-corrected chi connectivity index (χ4v) is 2.52. The summed E-state index contributed by atoms with van der Waals surface area (Å²) in [6.07, 6.45) is 3.55. The van der Waals surface area contributed by atoms with Crippen LogP contribution < -0.4 is 16.0 Å². The lowest BCUT2D eigenvalue weighted by Gasteiger charge is -2.21. The van der Waals surface area contributed by atoms with Crippen LogP contribution in [0.25, 0.3) is 0 Å². The number of nitrogens with one attached hydrogen (secondary N) is 1. The molecule has 0 aliphatic rings. The second-order valence-corrected chi connectivity index (χ2v) is 5.21. The van der Waals surface area contributed by atoms with Gasteiger partial charge in [-0.3, -0.25) is 16.3 Å². The number of hydrogen-bond donors (Lipinski definition) is 2. The summed E-state index contributed by atoms with van der Waals surface area (Å²) < 4.78 is 5.58. The van der Waals surface area contributed by atoms with Gasteiger partial charge in [-0.05, 0) is 49.9 Å². The standard InChI is InChI=1S/C17H23N3O/c1-12-7-9-15(17(21-3)13(12)2)16(20-18)10-8-14-6-4-5-11-19-14/h4-7,9,11,16,20H,8,10,18H2,1-3H3. The number of rotatable bonds is 6. The summed E-state index contributed by atoms with van der Waals surface area (Å²) in [5, 5.41) is 0. The van der Waals surface area contributed by atoms with Crippen LogP contribution in [0.5, 0.6) is 5.75 Å². The van der Waals surface area contributed by atoms with Crippen molar-refractivity contribution in [2.75, 3.05) is 7.11 Å². The third kappa shape index (κ3) is 3.60. The molecular formula is C17H23N3O. The van der Waals surface area contributed by atoms with Crippen molar-refractivity contribution >= 4 is 0 Å². The first kappa shape index (κ1) is 15.5. The highest BCUT2D eigenvalue weighted by Gasteiger charge is 2.17. The fourth-order valence-electron chi connectivity index (χ4n) is 2.52. The maximum atomic E-state index is 5.75. The van der Waals surface area contributed by atoms with Crippen LogP contribution in [0, 0.1) is 13.8 Å². The van der Waals surface area contributed by atoms with Crippen LogP contribution in [0.15, 0.2) is 36.5 Å². The lowest BCUT2D eigenvalue weighted by Crippen LogP contribution is -2.29. The minimum atomic E-state index is 0.0428. The molecule has 0 bridgehead atoms. The Balaban J connectivity index is 2.19. The van der Waals surface area contributed by atoms with Crippen molar-refractivity contribution in [1.29, 1.82) is 0 Å². The molecule has 0 saturated carbocycles. The molecule has 112 valence electrons. The van der Waals surface area contributed by atoms with Gasteiger partial charge in [0.05, 0.1) is 7.11 Å². The summed E-state index contributed by atoms with van der Waals surface area (Å²) in [7, 11) is 1.71. The van der Waals surface area contributed by atoms with Gasteiger partial charge in [0.15, 0.2) is 0 Å². The highest BCUT2D eigenvalue weighted by atomic mass is 16.5. The topological polar surface area (TPSA) is 60.2 Å². The third-order valence-electron chi connectivity index (χ3n) is 3.90. The monoisotopic (exact) mass is 285 g/mol. The predicted octanol–water partition coefficient (Wildman–Crippen LogP) is 2.84. The molecule has 3 N–H and O–H groups in total. The zero-order valence-electron chi connectivity index (χ0n) is 12.9. The highest BCUT2D eigenvalue weighted by molar-refractivity contribution is 5.46. The van der Waals surface area contributed by atoms with Crippen molar-refractivity contribution < 1.29 is 4.74 Å². The zero-order chi connectivity index (χ0) is 15.2. The van der Waals surface area contributed by atoms with Crippen LogP contribution in [0.4, 0.5) is 0 Å². The van der Waals surface area contributed by atoms with E-state index < -0.39 is 0 Å². The van der Waals surface area contributed by atoms with Crippen LogP contribution in [-0.4, -0.2) is 12.1 Å². The number of aromatic nitrogens is 1. The first-order valence-corrected chi connectivity index (χ1v) is 7.17. The summed E-state index contributed by atoms with van der Waals surface area (Å²) in [5.74, 6) is 6.67. The fraction of sp³-hybridized carbons (Fsp3) is 0.353. The quantitative estimate of drug-likeness (QED) is 0.633. The van der Waals surface area contributed by atoms with E-state index in [1.54, 1.807) is 7.11 Å². The summed E-state index contributed by atoms with van der Waals surface area (Å²) in [6, 6.07) is 10.2. The Morgan fingerprint density at radius 3 is 2.67 bits per heavy atom. The largest absolute Gasteiger partial charge is 0.496 e. The molecule has 2 aromatic rings. The molecule has 0 amide bonds. The number of benzene rings is 1. The highest BCUT2D eigenvalue weighted by Crippen LogP contribution is 2.32. The molecule has 1 heterocycles. The van der Waals surface area contributed by atoms with Gasteiger partial charge < -0.3 is 4.74 Å². The number of hydrogen-bond acceptors (Lipinski definition) is 4. The molecule has 4 heteroatoms. The molecule has 4 nitrogen and oxygen atoms in total. The van der Waals surface area contributed by atoms with Crippen LogP contribution >= 0.6 is 0 Å². The molecule has 1 atom stereocenters. The van der Waals surface area contributed by atoms with Crippen LogP contribution in [-0.2, 0) is 6.42 Å². The Hall–Kier alpha value is -1.91. The number of hydrazine groups is 1. The minimum absolute atomic E-state index is 0.0428. The van der Waals surface area contributed by atoms with Gasteiger partial charge >= 0.3 is 0 Å². The van der Waals surface area contributed by atoms with Gasteiger partial charge in [-0.2, -0.15) is 0 Å². The predicted molar refractivity (Wildman–Crippen MR) is 85.1 cm³/mol. The normalized spacial score (nSPS) is 12.2. The number of aryl methyl sites for hydroxylation is 2. The number of ether oxygens (including phenoxy) is 1. The van der Waals surface area contributed by atoms with Crippen molar-refractivity contribution in [3.63, 3.8) is 0 Å². The molecule has 0 fully saturated rings. The average molecular weight is 285 g/mol. The Bertz CT molecular complexity index is 584. The smallest absolute Gasteiger partial charge is 0.126 e. The summed E-state index contributed by atoms with van der Waals surface area (Å²) in [5.41, 5.74) is 7.45. The second kappa shape index (κ2) is 7.20. The van der Waals surface area contributed by atoms with Crippen LogP contribution in [0.2, 0.25) is 0 Å². The van der Waals surface area contributed by atoms with Gasteiger partial charge in [-0.1, -0.05) is 18.2 Å². The number of nitrogens with zero attached hydrogens (tertiary/aromatic N) is 1. The van der Waals surface area contributed by atoms with E-state index in [4.69, 9.17) is 10.6 Å². The Morgan fingerprint density at radius 1 is 1.24 bits per heavy atom.